The zero-order valence-electron chi connectivity index (χ0n) is 11.9. The summed E-state index contributed by atoms with van der Waals surface area (Å²) >= 11 is 0. The van der Waals surface area contributed by atoms with Crippen LogP contribution in [0, 0.1) is 0 Å². The van der Waals surface area contributed by atoms with Crippen molar-refractivity contribution in [1.29, 1.82) is 0 Å². The van der Waals surface area contributed by atoms with E-state index < -0.39 is 10.5 Å². The van der Waals surface area contributed by atoms with E-state index in [1.165, 1.54) is 13.2 Å². The van der Waals surface area contributed by atoms with Crippen LogP contribution in [-0.4, -0.2) is 25.7 Å². The number of hydrogen-bond donors (Lipinski definition) is 0. The highest BCUT2D eigenvalue weighted by Gasteiger charge is 2.20. The van der Waals surface area contributed by atoms with Gasteiger partial charge >= 0.3 is 10.5 Å². The topological polar surface area (TPSA) is 91.5 Å². The van der Waals surface area contributed by atoms with E-state index >= 15 is 0 Å². The van der Waals surface area contributed by atoms with E-state index in [0.717, 1.165) is 5.39 Å². The molecule has 120 valence electrons. The van der Waals surface area contributed by atoms with Crippen molar-refractivity contribution in [1.82, 2.24) is 10.2 Å². The van der Waals surface area contributed by atoms with Gasteiger partial charge in [-0.05, 0) is 22.9 Å². The molecule has 3 aromatic rings. The lowest BCUT2D eigenvalue weighted by atomic mass is 10.1. The smallest absolute Gasteiger partial charge is 0.418 e. The van der Waals surface area contributed by atoms with Gasteiger partial charge in [0.05, 0.1) is 5.56 Å². The number of nitrogens with zero attached hydrogens (tertiary/aromatic N) is 2. The van der Waals surface area contributed by atoms with E-state index in [4.69, 9.17) is 9.15 Å². The molecular weight excluding hydrogens is 327 g/mol. The fourth-order valence-corrected chi connectivity index (χ4v) is 2.46. The summed E-state index contributed by atoms with van der Waals surface area (Å²) in [7, 11) is -3.73. The number of methoxy groups -OCH3 is 1. The third kappa shape index (κ3) is 3.46. The van der Waals surface area contributed by atoms with E-state index in [9.17, 15) is 12.3 Å². The number of halogens is 1. The Bertz CT molecular complexity index is 955. The SMILES string of the molecule is COCc1nnc(-c2cc3ccccc3cc2OS(=O)(=O)F)o1. The van der Waals surface area contributed by atoms with Crippen molar-refractivity contribution in [3.8, 4) is 17.2 Å². The van der Waals surface area contributed by atoms with Crippen molar-refractivity contribution in [3.63, 3.8) is 0 Å². The van der Waals surface area contributed by atoms with Crippen LogP contribution >= 0.6 is 0 Å². The van der Waals surface area contributed by atoms with Crippen LogP contribution in [0.3, 0.4) is 0 Å². The zero-order valence-corrected chi connectivity index (χ0v) is 12.7. The second-order valence-electron chi connectivity index (χ2n) is 4.61. The summed E-state index contributed by atoms with van der Waals surface area (Å²) < 4.78 is 49.3. The van der Waals surface area contributed by atoms with Crippen molar-refractivity contribution in [3.05, 3.63) is 42.3 Å². The van der Waals surface area contributed by atoms with Crippen molar-refractivity contribution in [2.24, 2.45) is 0 Å². The fraction of sp³-hybridized carbons (Fsp3) is 0.143. The minimum atomic E-state index is -5.19. The van der Waals surface area contributed by atoms with Crippen LogP contribution in [0.2, 0.25) is 0 Å². The first-order chi connectivity index (χ1) is 11.0. The Hall–Kier alpha value is -2.52. The number of fused-ring (bicyclic) bond motifs is 1. The Labute approximate surface area is 131 Å². The van der Waals surface area contributed by atoms with Gasteiger partial charge < -0.3 is 13.3 Å². The number of aromatic nitrogens is 2. The number of ether oxygens (including phenoxy) is 1. The maximum Gasteiger partial charge on any atom is 0.488 e. The van der Waals surface area contributed by atoms with Crippen molar-refractivity contribution < 1.29 is 25.6 Å². The molecule has 0 N–H and O–H groups in total. The van der Waals surface area contributed by atoms with Crippen LogP contribution in [0.5, 0.6) is 5.75 Å². The second kappa shape index (κ2) is 5.94. The molecule has 0 radical (unpaired) electrons. The molecule has 0 aliphatic heterocycles. The predicted molar refractivity (Wildman–Crippen MR) is 78.6 cm³/mol. The summed E-state index contributed by atoms with van der Waals surface area (Å²) in [5.41, 5.74) is 0.166. The number of hydrogen-bond acceptors (Lipinski definition) is 7. The summed E-state index contributed by atoms with van der Waals surface area (Å²) in [6.45, 7) is 0.0954. The Morgan fingerprint density at radius 2 is 1.87 bits per heavy atom. The normalized spacial score (nSPS) is 11.7. The molecular formula is C14H11FN2O5S. The van der Waals surface area contributed by atoms with E-state index in [1.54, 1.807) is 24.3 Å². The molecule has 1 heterocycles. The van der Waals surface area contributed by atoms with Crippen LogP contribution in [0.15, 0.2) is 40.8 Å². The van der Waals surface area contributed by atoms with Crippen LogP contribution in [0.25, 0.3) is 22.2 Å². The van der Waals surface area contributed by atoms with Gasteiger partial charge in [-0.3, -0.25) is 0 Å². The first kappa shape index (κ1) is 15.4. The monoisotopic (exact) mass is 338 g/mol. The van der Waals surface area contributed by atoms with Gasteiger partial charge in [-0.2, -0.15) is 8.42 Å². The summed E-state index contributed by atoms with van der Waals surface area (Å²) in [5.74, 6) is -0.0371. The molecule has 0 amide bonds. The van der Waals surface area contributed by atoms with Gasteiger partial charge in [-0.15, -0.1) is 10.2 Å². The minimum absolute atomic E-state index is 0.00135. The van der Waals surface area contributed by atoms with Gasteiger partial charge in [-0.25, -0.2) is 0 Å². The molecule has 2 aromatic carbocycles. The Morgan fingerprint density at radius 1 is 1.17 bits per heavy atom. The molecule has 7 nitrogen and oxygen atoms in total. The average molecular weight is 338 g/mol. The maximum absolute atomic E-state index is 13.0. The van der Waals surface area contributed by atoms with Crippen LogP contribution in [-0.2, 0) is 21.8 Å². The molecule has 0 unspecified atom stereocenters. The highest BCUT2D eigenvalue weighted by atomic mass is 32.3. The van der Waals surface area contributed by atoms with Gasteiger partial charge in [0.15, 0.2) is 5.75 Å². The first-order valence-electron chi connectivity index (χ1n) is 6.45. The van der Waals surface area contributed by atoms with Gasteiger partial charge in [-0.1, -0.05) is 28.2 Å². The van der Waals surface area contributed by atoms with Crippen LogP contribution < -0.4 is 4.18 Å². The standard InChI is InChI=1S/C14H11FN2O5S/c1-20-8-13-16-17-14(21-13)11-6-9-4-2-3-5-10(9)7-12(11)22-23(15,18)19/h2-7H,8H2,1H3. The third-order valence-corrected chi connectivity index (χ3v) is 3.38. The molecule has 0 spiro atoms. The first-order valence-corrected chi connectivity index (χ1v) is 7.76. The average Bonchev–Trinajstić information content (AvgIpc) is 2.94. The van der Waals surface area contributed by atoms with Crippen molar-refractivity contribution in [2.45, 2.75) is 6.61 Å². The van der Waals surface area contributed by atoms with E-state index in [2.05, 4.69) is 14.4 Å². The third-order valence-electron chi connectivity index (χ3n) is 3.00. The molecule has 1 aromatic heterocycles. The van der Waals surface area contributed by atoms with Gasteiger partial charge in [0.1, 0.15) is 6.61 Å². The summed E-state index contributed by atoms with van der Waals surface area (Å²) in [4.78, 5) is 0. The molecule has 0 aliphatic carbocycles. The molecule has 0 bridgehead atoms. The summed E-state index contributed by atoms with van der Waals surface area (Å²) in [6.07, 6.45) is 0. The molecule has 0 saturated carbocycles. The number of rotatable bonds is 5. The molecule has 9 heteroatoms. The predicted octanol–water partition coefficient (Wildman–Crippen LogP) is 2.63. The van der Waals surface area contributed by atoms with E-state index in [1.807, 2.05) is 6.07 Å². The lowest BCUT2D eigenvalue weighted by molar-refractivity contribution is 0.160. The Kier molecular flexibility index (Phi) is 3.97. The molecule has 0 saturated heterocycles. The second-order valence-corrected chi connectivity index (χ2v) is 5.56. The molecule has 23 heavy (non-hydrogen) atoms. The summed E-state index contributed by atoms with van der Waals surface area (Å²) in [5, 5.41) is 9.02. The van der Waals surface area contributed by atoms with E-state index in [-0.39, 0.29) is 29.7 Å². The Morgan fingerprint density at radius 3 is 2.52 bits per heavy atom. The fourth-order valence-electron chi connectivity index (χ4n) is 2.11. The van der Waals surface area contributed by atoms with Crippen molar-refractivity contribution in [2.75, 3.05) is 7.11 Å². The van der Waals surface area contributed by atoms with Gasteiger partial charge in [0.2, 0.25) is 5.89 Å². The largest absolute Gasteiger partial charge is 0.488 e. The molecule has 3 rings (SSSR count). The number of benzene rings is 2. The summed E-state index contributed by atoms with van der Waals surface area (Å²) in [6, 6.07) is 10.1. The minimum Gasteiger partial charge on any atom is -0.418 e. The van der Waals surface area contributed by atoms with Crippen LogP contribution in [0.4, 0.5) is 3.89 Å². The molecule has 0 fully saturated rings. The lowest BCUT2D eigenvalue weighted by Gasteiger charge is -2.07. The van der Waals surface area contributed by atoms with Crippen LogP contribution in [0.1, 0.15) is 5.89 Å². The maximum atomic E-state index is 13.0. The highest BCUT2D eigenvalue weighted by molar-refractivity contribution is 7.81. The van der Waals surface area contributed by atoms with Gasteiger partial charge in [0, 0.05) is 7.11 Å². The lowest BCUT2D eigenvalue weighted by Crippen LogP contribution is -2.02. The quantitative estimate of drug-likeness (QED) is 0.660. The molecule has 0 atom stereocenters. The molecule has 0 aliphatic rings. The zero-order chi connectivity index (χ0) is 16.4. The van der Waals surface area contributed by atoms with E-state index in [0.29, 0.717) is 5.39 Å². The van der Waals surface area contributed by atoms with Crippen molar-refractivity contribution >= 4 is 21.3 Å². The highest BCUT2D eigenvalue weighted by Crippen LogP contribution is 2.34. The van der Waals surface area contributed by atoms with Gasteiger partial charge in [0.25, 0.3) is 5.89 Å². The Balaban J connectivity index is 2.16.